The van der Waals surface area contributed by atoms with Crippen molar-refractivity contribution in [3.8, 4) is 11.5 Å². The summed E-state index contributed by atoms with van der Waals surface area (Å²) < 4.78 is 11.2. The quantitative estimate of drug-likeness (QED) is 0.815. The van der Waals surface area contributed by atoms with Gasteiger partial charge in [-0.25, -0.2) is 0 Å². The van der Waals surface area contributed by atoms with Gasteiger partial charge < -0.3 is 14.4 Å². The molecule has 2 aromatic rings. The summed E-state index contributed by atoms with van der Waals surface area (Å²) in [6.45, 7) is 4.32. The summed E-state index contributed by atoms with van der Waals surface area (Å²) in [6.07, 6.45) is 2.47. The van der Waals surface area contributed by atoms with Crippen molar-refractivity contribution >= 4 is 5.91 Å². The number of amides is 1. The molecule has 2 aliphatic heterocycles. The molecule has 1 atom stereocenters. The fourth-order valence-electron chi connectivity index (χ4n) is 4.00. The molecule has 142 valence electrons. The Hall–Kier alpha value is -2.53. The first-order valence-electron chi connectivity index (χ1n) is 9.62. The largest absolute Gasteiger partial charge is 0.493 e. The standard InChI is InChI=1S/C22H26N2O3/c1-26-20-6-2-3-7-21(20)27-16-17-8-10-18(11-9-17)22(25)24-14-13-23-12-4-5-19(23)15-24/h2-3,6-11,19H,4-5,12-16H2,1H3/t19-/m0/s1. The van der Waals surface area contributed by atoms with E-state index >= 15 is 0 Å². The molecule has 5 nitrogen and oxygen atoms in total. The number of nitrogens with zero attached hydrogens (tertiary/aromatic N) is 2. The van der Waals surface area contributed by atoms with E-state index in [1.807, 2.05) is 53.4 Å². The Kier molecular flexibility index (Phi) is 5.30. The van der Waals surface area contributed by atoms with Crippen molar-refractivity contribution in [2.75, 3.05) is 33.3 Å². The molecule has 5 heteroatoms. The van der Waals surface area contributed by atoms with Gasteiger partial charge in [-0.3, -0.25) is 9.69 Å². The minimum Gasteiger partial charge on any atom is -0.493 e. The molecule has 0 N–H and O–H groups in total. The van der Waals surface area contributed by atoms with Crippen molar-refractivity contribution in [3.05, 3.63) is 59.7 Å². The minimum absolute atomic E-state index is 0.138. The molecule has 0 spiro atoms. The maximum atomic E-state index is 12.8. The number of carbonyl (C=O) groups is 1. The van der Waals surface area contributed by atoms with Crippen LogP contribution in [-0.4, -0.2) is 55.0 Å². The van der Waals surface area contributed by atoms with E-state index < -0.39 is 0 Å². The highest BCUT2D eigenvalue weighted by atomic mass is 16.5. The smallest absolute Gasteiger partial charge is 0.253 e. The molecular weight excluding hydrogens is 340 g/mol. The third-order valence-corrected chi connectivity index (χ3v) is 5.54. The number of para-hydroxylation sites is 2. The van der Waals surface area contributed by atoms with E-state index in [9.17, 15) is 4.79 Å². The Morgan fingerprint density at radius 3 is 2.59 bits per heavy atom. The number of piperazine rings is 1. The van der Waals surface area contributed by atoms with Gasteiger partial charge in [0.2, 0.25) is 0 Å². The molecule has 0 aromatic heterocycles. The zero-order chi connectivity index (χ0) is 18.6. The minimum atomic E-state index is 0.138. The molecule has 0 aliphatic carbocycles. The number of hydrogen-bond acceptors (Lipinski definition) is 4. The van der Waals surface area contributed by atoms with Gasteiger partial charge in [0, 0.05) is 31.2 Å². The maximum Gasteiger partial charge on any atom is 0.253 e. The molecule has 0 radical (unpaired) electrons. The molecule has 2 aromatic carbocycles. The monoisotopic (exact) mass is 366 g/mol. The normalized spacial score (nSPS) is 19.6. The highest BCUT2D eigenvalue weighted by molar-refractivity contribution is 5.94. The molecule has 27 heavy (non-hydrogen) atoms. The van der Waals surface area contributed by atoms with Crippen LogP contribution in [0.25, 0.3) is 0 Å². The summed E-state index contributed by atoms with van der Waals surface area (Å²) >= 11 is 0. The van der Waals surface area contributed by atoms with Crippen LogP contribution >= 0.6 is 0 Å². The first-order valence-corrected chi connectivity index (χ1v) is 9.62. The predicted octanol–water partition coefficient (Wildman–Crippen LogP) is 3.19. The zero-order valence-corrected chi connectivity index (χ0v) is 15.8. The molecule has 0 bridgehead atoms. The molecule has 2 aliphatic rings. The van der Waals surface area contributed by atoms with Gasteiger partial charge in [-0.15, -0.1) is 0 Å². The number of fused-ring (bicyclic) bond motifs is 1. The number of rotatable bonds is 5. The fraction of sp³-hybridized carbons (Fsp3) is 0.409. The Morgan fingerprint density at radius 1 is 1.04 bits per heavy atom. The van der Waals surface area contributed by atoms with E-state index in [-0.39, 0.29) is 5.91 Å². The van der Waals surface area contributed by atoms with Crippen molar-refractivity contribution in [2.45, 2.75) is 25.5 Å². The number of benzene rings is 2. The summed E-state index contributed by atoms with van der Waals surface area (Å²) in [5.41, 5.74) is 1.78. The second-order valence-electron chi connectivity index (χ2n) is 7.22. The predicted molar refractivity (Wildman–Crippen MR) is 104 cm³/mol. The van der Waals surface area contributed by atoms with Gasteiger partial charge in [-0.1, -0.05) is 24.3 Å². The van der Waals surface area contributed by atoms with Crippen LogP contribution in [0.3, 0.4) is 0 Å². The number of carbonyl (C=O) groups excluding carboxylic acids is 1. The van der Waals surface area contributed by atoms with E-state index in [2.05, 4.69) is 4.90 Å². The van der Waals surface area contributed by atoms with Gasteiger partial charge in [0.05, 0.1) is 7.11 Å². The van der Waals surface area contributed by atoms with Gasteiger partial charge in [0.25, 0.3) is 5.91 Å². The SMILES string of the molecule is COc1ccccc1OCc1ccc(C(=O)N2CCN3CCC[C@H]3C2)cc1. The van der Waals surface area contributed by atoms with Crippen molar-refractivity contribution in [1.82, 2.24) is 9.80 Å². The lowest BCUT2D eigenvalue weighted by molar-refractivity contribution is 0.0571. The van der Waals surface area contributed by atoms with Crippen LogP contribution in [-0.2, 0) is 6.61 Å². The summed E-state index contributed by atoms with van der Waals surface area (Å²) in [7, 11) is 1.63. The topological polar surface area (TPSA) is 42.0 Å². The van der Waals surface area contributed by atoms with Crippen molar-refractivity contribution in [1.29, 1.82) is 0 Å². The number of ether oxygens (including phenoxy) is 2. The zero-order valence-electron chi connectivity index (χ0n) is 15.8. The van der Waals surface area contributed by atoms with Crippen LogP contribution in [0.5, 0.6) is 11.5 Å². The number of methoxy groups -OCH3 is 1. The summed E-state index contributed by atoms with van der Waals surface area (Å²) in [4.78, 5) is 17.3. The van der Waals surface area contributed by atoms with Crippen LogP contribution < -0.4 is 9.47 Å². The fourth-order valence-corrected chi connectivity index (χ4v) is 4.00. The molecule has 2 heterocycles. The Labute approximate surface area is 160 Å². The Balaban J connectivity index is 1.36. The Bertz CT molecular complexity index is 790. The summed E-state index contributed by atoms with van der Waals surface area (Å²) in [5, 5.41) is 0. The highest BCUT2D eigenvalue weighted by Gasteiger charge is 2.32. The van der Waals surface area contributed by atoms with Gasteiger partial charge in [-0.2, -0.15) is 0 Å². The van der Waals surface area contributed by atoms with Crippen LogP contribution in [0.4, 0.5) is 0 Å². The maximum absolute atomic E-state index is 12.8. The van der Waals surface area contributed by atoms with E-state index in [1.165, 1.54) is 19.4 Å². The number of hydrogen-bond donors (Lipinski definition) is 0. The molecule has 0 saturated carbocycles. The van der Waals surface area contributed by atoms with Crippen LogP contribution in [0.2, 0.25) is 0 Å². The molecule has 1 amide bonds. The van der Waals surface area contributed by atoms with Crippen LogP contribution in [0.1, 0.15) is 28.8 Å². The first-order chi connectivity index (χ1) is 13.2. The lowest BCUT2D eigenvalue weighted by Crippen LogP contribution is -2.52. The first kappa shape index (κ1) is 17.9. The van der Waals surface area contributed by atoms with Crippen LogP contribution in [0.15, 0.2) is 48.5 Å². The lowest BCUT2D eigenvalue weighted by atomic mass is 10.1. The van der Waals surface area contributed by atoms with Gasteiger partial charge in [-0.05, 0) is 49.2 Å². The molecule has 2 fully saturated rings. The average molecular weight is 366 g/mol. The van der Waals surface area contributed by atoms with E-state index in [4.69, 9.17) is 9.47 Å². The van der Waals surface area contributed by atoms with Crippen LogP contribution in [0, 0.1) is 0 Å². The highest BCUT2D eigenvalue weighted by Crippen LogP contribution is 2.27. The lowest BCUT2D eigenvalue weighted by Gasteiger charge is -2.37. The van der Waals surface area contributed by atoms with Gasteiger partial charge >= 0.3 is 0 Å². The van der Waals surface area contributed by atoms with Gasteiger partial charge in [0.15, 0.2) is 11.5 Å². The molecular formula is C22H26N2O3. The second-order valence-corrected chi connectivity index (χ2v) is 7.22. The van der Waals surface area contributed by atoms with E-state index in [0.717, 1.165) is 42.3 Å². The second kappa shape index (κ2) is 8.01. The Morgan fingerprint density at radius 2 is 1.81 bits per heavy atom. The van der Waals surface area contributed by atoms with Crippen molar-refractivity contribution in [2.24, 2.45) is 0 Å². The van der Waals surface area contributed by atoms with Gasteiger partial charge in [0.1, 0.15) is 6.61 Å². The van der Waals surface area contributed by atoms with Crippen molar-refractivity contribution < 1.29 is 14.3 Å². The third-order valence-electron chi connectivity index (χ3n) is 5.54. The van der Waals surface area contributed by atoms with Crippen molar-refractivity contribution in [3.63, 3.8) is 0 Å². The molecule has 4 rings (SSSR count). The molecule has 2 saturated heterocycles. The average Bonchev–Trinajstić information content (AvgIpc) is 3.20. The summed E-state index contributed by atoms with van der Waals surface area (Å²) in [6, 6.07) is 15.9. The third kappa shape index (κ3) is 3.93. The summed E-state index contributed by atoms with van der Waals surface area (Å²) in [5.74, 6) is 1.57. The van der Waals surface area contributed by atoms with E-state index in [0.29, 0.717) is 12.6 Å². The van der Waals surface area contributed by atoms with E-state index in [1.54, 1.807) is 7.11 Å². The molecule has 0 unspecified atom stereocenters.